The Labute approximate surface area is 140 Å². The largest absolute Gasteiger partial charge is 0.329 e. The highest BCUT2D eigenvalue weighted by Gasteiger charge is 2.38. The van der Waals surface area contributed by atoms with Gasteiger partial charge in [-0.25, -0.2) is 4.98 Å². The smallest absolute Gasteiger partial charge is 0.274 e. The third-order valence-electron chi connectivity index (χ3n) is 4.94. The van der Waals surface area contributed by atoms with Crippen LogP contribution >= 0.6 is 0 Å². The van der Waals surface area contributed by atoms with Gasteiger partial charge in [-0.2, -0.15) is 0 Å². The number of aryl methyl sites for hydroxylation is 1. The zero-order valence-electron chi connectivity index (χ0n) is 13.5. The summed E-state index contributed by atoms with van der Waals surface area (Å²) in [5.41, 5.74) is 3.16. The number of ketones is 1. The molecule has 0 aliphatic heterocycles. The third kappa shape index (κ3) is 2.56. The molecule has 24 heavy (non-hydrogen) atoms. The zero-order valence-corrected chi connectivity index (χ0v) is 13.5. The van der Waals surface area contributed by atoms with E-state index >= 15 is 0 Å². The number of rotatable bonds is 3. The molecule has 122 valence electrons. The van der Waals surface area contributed by atoms with Gasteiger partial charge >= 0.3 is 0 Å². The number of carbonyl (C=O) groups is 2. The van der Waals surface area contributed by atoms with Gasteiger partial charge in [0.05, 0.1) is 12.0 Å². The average Bonchev–Trinajstić information content (AvgIpc) is 3.20. The Kier molecular flexibility index (Phi) is 3.56. The molecule has 2 aliphatic rings. The second-order valence-electron chi connectivity index (χ2n) is 6.64. The van der Waals surface area contributed by atoms with Gasteiger partial charge in [0, 0.05) is 25.6 Å². The Bertz CT molecular complexity index is 836. The van der Waals surface area contributed by atoms with Crippen LogP contribution in [0.15, 0.2) is 42.7 Å². The van der Waals surface area contributed by atoms with Gasteiger partial charge in [0.15, 0.2) is 0 Å². The number of hydrogen-bond donors (Lipinski definition) is 1. The monoisotopic (exact) mass is 321 g/mol. The number of imidazole rings is 1. The molecule has 1 aromatic heterocycles. The molecule has 1 N–H and O–H groups in total. The molecule has 0 radical (unpaired) electrons. The van der Waals surface area contributed by atoms with E-state index in [9.17, 15) is 9.59 Å². The highest BCUT2D eigenvalue weighted by atomic mass is 16.2. The number of Topliss-reactive ketones (excluding diaryl/α,β-unsaturated/α-hetero) is 1. The van der Waals surface area contributed by atoms with E-state index < -0.39 is 0 Å². The second kappa shape index (κ2) is 5.74. The molecule has 2 atom stereocenters. The average molecular weight is 321 g/mol. The van der Waals surface area contributed by atoms with E-state index in [1.807, 2.05) is 37.4 Å². The fourth-order valence-corrected chi connectivity index (χ4v) is 3.80. The third-order valence-corrected chi connectivity index (χ3v) is 4.94. The molecule has 0 bridgehead atoms. The summed E-state index contributed by atoms with van der Waals surface area (Å²) in [5.74, 6) is 0.896. The van der Waals surface area contributed by atoms with Crippen molar-refractivity contribution >= 4 is 23.0 Å². The summed E-state index contributed by atoms with van der Waals surface area (Å²) in [7, 11) is 1.83. The molecule has 1 heterocycles. The van der Waals surface area contributed by atoms with E-state index in [-0.39, 0.29) is 5.91 Å². The van der Waals surface area contributed by atoms with Gasteiger partial charge in [-0.1, -0.05) is 24.3 Å². The zero-order chi connectivity index (χ0) is 16.7. The minimum absolute atomic E-state index is 0.162. The van der Waals surface area contributed by atoms with Crippen LogP contribution in [0.1, 0.15) is 35.4 Å². The lowest BCUT2D eigenvalue weighted by atomic mass is 9.99. The van der Waals surface area contributed by atoms with E-state index in [1.165, 1.54) is 0 Å². The summed E-state index contributed by atoms with van der Waals surface area (Å²) in [5, 5.41) is 2.93. The fraction of sp³-hybridized carbons (Fsp3) is 0.316. The first-order valence-corrected chi connectivity index (χ1v) is 8.22. The molecule has 5 nitrogen and oxygen atoms in total. The SMILES string of the molecule is Cn1cnc(C2=CC3CC(=O)CC3C2)c1C(=O)Nc1ccccc1. The van der Waals surface area contributed by atoms with Crippen LogP contribution in [0.3, 0.4) is 0 Å². The molecule has 5 heteroatoms. The highest BCUT2D eigenvalue weighted by molar-refractivity contribution is 6.06. The standard InChI is InChI=1S/C19H19N3O2/c1-22-11-20-17(14-7-12-9-16(23)10-13(12)8-14)18(22)19(24)21-15-5-3-2-4-6-15/h2-7,11-13H,8-10H2,1H3,(H,21,24). The summed E-state index contributed by atoms with van der Waals surface area (Å²) in [4.78, 5) is 28.7. The van der Waals surface area contributed by atoms with E-state index in [0.29, 0.717) is 36.2 Å². The van der Waals surface area contributed by atoms with Gasteiger partial charge in [-0.3, -0.25) is 9.59 Å². The predicted molar refractivity (Wildman–Crippen MR) is 91.4 cm³/mol. The number of amides is 1. The molecule has 0 spiro atoms. The molecule has 1 amide bonds. The van der Waals surface area contributed by atoms with Gasteiger partial charge < -0.3 is 9.88 Å². The van der Waals surface area contributed by atoms with E-state index in [4.69, 9.17) is 0 Å². The lowest BCUT2D eigenvalue weighted by Crippen LogP contribution is -2.17. The number of carbonyl (C=O) groups excluding carboxylic acids is 2. The van der Waals surface area contributed by atoms with Crippen LogP contribution in [0.25, 0.3) is 5.57 Å². The molecule has 2 aliphatic carbocycles. The van der Waals surface area contributed by atoms with Crippen molar-refractivity contribution in [1.82, 2.24) is 9.55 Å². The van der Waals surface area contributed by atoms with Gasteiger partial charge in [0.25, 0.3) is 5.91 Å². The Morgan fingerprint density at radius 2 is 2.00 bits per heavy atom. The van der Waals surface area contributed by atoms with Crippen LogP contribution in [0.2, 0.25) is 0 Å². The van der Waals surface area contributed by atoms with Crippen LogP contribution in [0.4, 0.5) is 5.69 Å². The van der Waals surface area contributed by atoms with Crippen molar-refractivity contribution in [2.45, 2.75) is 19.3 Å². The molecule has 2 unspecified atom stereocenters. The number of hydrogen-bond acceptors (Lipinski definition) is 3. The predicted octanol–water partition coefficient (Wildman–Crippen LogP) is 3.05. The Morgan fingerprint density at radius 1 is 1.21 bits per heavy atom. The minimum atomic E-state index is -0.162. The number of aromatic nitrogens is 2. The molecule has 1 saturated carbocycles. The normalized spacial score (nSPS) is 22.4. The molecule has 4 rings (SSSR count). The summed E-state index contributed by atoms with van der Waals surface area (Å²) < 4.78 is 1.76. The van der Waals surface area contributed by atoms with E-state index in [2.05, 4.69) is 16.4 Å². The van der Waals surface area contributed by atoms with Crippen molar-refractivity contribution in [2.75, 3.05) is 5.32 Å². The van der Waals surface area contributed by atoms with Crippen molar-refractivity contribution in [1.29, 1.82) is 0 Å². The maximum absolute atomic E-state index is 12.7. The van der Waals surface area contributed by atoms with Gasteiger partial charge in [0.2, 0.25) is 0 Å². The number of nitrogens with zero attached hydrogens (tertiary/aromatic N) is 2. The van der Waals surface area contributed by atoms with Crippen LogP contribution in [0.5, 0.6) is 0 Å². The van der Waals surface area contributed by atoms with Crippen molar-refractivity contribution in [3.63, 3.8) is 0 Å². The number of benzene rings is 1. The number of allylic oxidation sites excluding steroid dienone is 2. The van der Waals surface area contributed by atoms with Crippen LogP contribution < -0.4 is 5.32 Å². The van der Waals surface area contributed by atoms with Crippen LogP contribution in [-0.2, 0) is 11.8 Å². The van der Waals surface area contributed by atoms with Crippen LogP contribution in [-0.4, -0.2) is 21.2 Å². The number of nitrogens with one attached hydrogen (secondary N) is 1. The molecule has 2 aromatic rings. The minimum Gasteiger partial charge on any atom is -0.329 e. The summed E-state index contributed by atoms with van der Waals surface area (Å²) >= 11 is 0. The molecule has 1 fully saturated rings. The lowest BCUT2D eigenvalue weighted by molar-refractivity contribution is -0.117. The molecule has 0 saturated heterocycles. The topological polar surface area (TPSA) is 64.0 Å². The first kappa shape index (κ1) is 14.9. The van der Waals surface area contributed by atoms with Gasteiger partial charge in [-0.05, 0) is 36.0 Å². The maximum Gasteiger partial charge on any atom is 0.274 e. The van der Waals surface area contributed by atoms with Gasteiger partial charge in [-0.15, -0.1) is 0 Å². The highest BCUT2D eigenvalue weighted by Crippen LogP contribution is 2.44. The van der Waals surface area contributed by atoms with Crippen molar-refractivity contribution in [3.8, 4) is 0 Å². The van der Waals surface area contributed by atoms with Crippen molar-refractivity contribution < 1.29 is 9.59 Å². The number of fused-ring (bicyclic) bond motifs is 1. The Hall–Kier alpha value is -2.69. The second-order valence-corrected chi connectivity index (χ2v) is 6.64. The molecule has 1 aromatic carbocycles. The summed E-state index contributed by atoms with van der Waals surface area (Å²) in [6.07, 6.45) is 5.95. The van der Waals surface area contributed by atoms with Crippen molar-refractivity contribution in [2.24, 2.45) is 18.9 Å². The number of anilines is 1. The lowest BCUT2D eigenvalue weighted by Gasteiger charge is -2.09. The number of para-hydroxylation sites is 1. The van der Waals surface area contributed by atoms with Crippen molar-refractivity contribution in [3.05, 3.63) is 54.1 Å². The van der Waals surface area contributed by atoms with Gasteiger partial charge in [0.1, 0.15) is 11.5 Å². The Balaban J connectivity index is 1.61. The van der Waals surface area contributed by atoms with E-state index in [0.717, 1.165) is 23.4 Å². The first-order valence-electron chi connectivity index (χ1n) is 8.22. The quantitative estimate of drug-likeness (QED) is 0.945. The maximum atomic E-state index is 12.7. The summed E-state index contributed by atoms with van der Waals surface area (Å²) in [6, 6.07) is 9.40. The Morgan fingerprint density at radius 3 is 2.75 bits per heavy atom. The fourth-order valence-electron chi connectivity index (χ4n) is 3.80. The van der Waals surface area contributed by atoms with E-state index in [1.54, 1.807) is 10.9 Å². The molecular weight excluding hydrogens is 302 g/mol. The molecular formula is C19H19N3O2. The first-order chi connectivity index (χ1) is 11.6. The summed E-state index contributed by atoms with van der Waals surface area (Å²) in [6.45, 7) is 0. The van der Waals surface area contributed by atoms with Crippen LogP contribution in [0, 0.1) is 11.8 Å².